The SMILES string of the molecule is CC1CN(Cc2ccccc2)CC[Si]1(c1ccccc1)c1ccccc1. The maximum absolute atomic E-state index is 2.65. The summed E-state index contributed by atoms with van der Waals surface area (Å²) in [6, 6.07) is 34.9. The molecule has 0 spiro atoms. The predicted octanol–water partition coefficient (Wildman–Crippen LogP) is 4.16. The first kappa shape index (κ1) is 17.3. The minimum absolute atomic E-state index is 0.699. The molecule has 1 nitrogen and oxygen atoms in total. The number of hydrogen-bond acceptors (Lipinski definition) is 1. The molecule has 3 aromatic carbocycles. The lowest BCUT2D eigenvalue weighted by Gasteiger charge is -2.46. The van der Waals surface area contributed by atoms with Gasteiger partial charge in [-0.15, -0.1) is 0 Å². The molecule has 1 fully saturated rings. The number of nitrogens with zero attached hydrogens (tertiary/aromatic N) is 1. The van der Waals surface area contributed by atoms with Crippen LogP contribution in [0.25, 0.3) is 0 Å². The average molecular weight is 358 g/mol. The van der Waals surface area contributed by atoms with Gasteiger partial charge < -0.3 is 0 Å². The van der Waals surface area contributed by atoms with Crippen LogP contribution in [0.4, 0.5) is 0 Å². The largest absolute Gasteiger partial charge is 0.299 e. The van der Waals surface area contributed by atoms with Gasteiger partial charge in [-0.3, -0.25) is 4.90 Å². The Morgan fingerprint density at radius 1 is 0.769 bits per heavy atom. The molecule has 0 saturated carbocycles. The Morgan fingerprint density at radius 2 is 1.27 bits per heavy atom. The standard InChI is InChI=1S/C24H27NSi/c1-21-19-25(20-22-11-5-2-6-12-22)17-18-26(21,23-13-7-3-8-14-23)24-15-9-4-10-16-24/h2-16,21H,17-20H2,1H3. The molecule has 1 aliphatic rings. The number of rotatable bonds is 4. The van der Waals surface area contributed by atoms with Gasteiger partial charge in [-0.05, 0) is 30.2 Å². The molecule has 1 unspecified atom stereocenters. The van der Waals surface area contributed by atoms with Gasteiger partial charge >= 0.3 is 0 Å². The van der Waals surface area contributed by atoms with Crippen LogP contribution in [0.1, 0.15) is 12.5 Å². The van der Waals surface area contributed by atoms with Gasteiger partial charge in [0, 0.05) is 6.54 Å². The molecule has 1 heterocycles. The van der Waals surface area contributed by atoms with E-state index in [1.807, 2.05) is 0 Å². The lowest BCUT2D eigenvalue weighted by atomic mass is 10.2. The number of hydrogen-bond donors (Lipinski definition) is 0. The summed E-state index contributed by atoms with van der Waals surface area (Å²) in [6.45, 7) is 5.93. The van der Waals surface area contributed by atoms with Gasteiger partial charge in [0.15, 0.2) is 0 Å². The summed E-state index contributed by atoms with van der Waals surface area (Å²) in [4.78, 5) is 2.65. The lowest BCUT2D eigenvalue weighted by Crippen LogP contribution is -2.66. The van der Waals surface area contributed by atoms with E-state index >= 15 is 0 Å². The van der Waals surface area contributed by atoms with E-state index in [-0.39, 0.29) is 0 Å². The first-order valence-corrected chi connectivity index (χ1v) is 11.9. The van der Waals surface area contributed by atoms with Gasteiger partial charge in [-0.25, -0.2) is 0 Å². The molecule has 1 aliphatic heterocycles. The summed E-state index contributed by atoms with van der Waals surface area (Å²) in [5.41, 5.74) is 2.12. The van der Waals surface area contributed by atoms with E-state index in [1.54, 1.807) is 10.4 Å². The fourth-order valence-corrected chi connectivity index (χ4v) is 10.1. The van der Waals surface area contributed by atoms with Crippen LogP contribution in [0, 0.1) is 0 Å². The quantitative estimate of drug-likeness (QED) is 0.634. The fourth-order valence-electron chi connectivity index (χ4n) is 4.70. The molecule has 0 bridgehead atoms. The smallest absolute Gasteiger partial charge is 0.123 e. The summed E-state index contributed by atoms with van der Waals surface area (Å²) >= 11 is 0. The number of benzene rings is 3. The molecular formula is C24H27NSi. The van der Waals surface area contributed by atoms with E-state index in [1.165, 1.54) is 24.7 Å². The molecule has 2 heteroatoms. The van der Waals surface area contributed by atoms with E-state index in [4.69, 9.17) is 0 Å². The van der Waals surface area contributed by atoms with Crippen LogP contribution >= 0.6 is 0 Å². The van der Waals surface area contributed by atoms with Crippen molar-refractivity contribution in [2.24, 2.45) is 0 Å². The van der Waals surface area contributed by atoms with Crippen molar-refractivity contribution in [2.75, 3.05) is 13.1 Å². The van der Waals surface area contributed by atoms with Gasteiger partial charge in [-0.1, -0.05) is 108 Å². The molecule has 3 aromatic rings. The monoisotopic (exact) mass is 357 g/mol. The highest BCUT2D eigenvalue weighted by molar-refractivity contribution is 7.03. The molecular weight excluding hydrogens is 330 g/mol. The van der Waals surface area contributed by atoms with Crippen LogP contribution in [-0.2, 0) is 6.54 Å². The van der Waals surface area contributed by atoms with Crippen molar-refractivity contribution in [3.8, 4) is 0 Å². The Labute approximate surface area is 158 Å². The van der Waals surface area contributed by atoms with Crippen LogP contribution in [0.3, 0.4) is 0 Å². The maximum Gasteiger partial charge on any atom is 0.123 e. The maximum atomic E-state index is 2.65. The van der Waals surface area contributed by atoms with E-state index < -0.39 is 8.07 Å². The zero-order valence-corrected chi connectivity index (χ0v) is 16.5. The molecule has 0 amide bonds. The average Bonchev–Trinajstić information content (AvgIpc) is 2.71. The summed E-state index contributed by atoms with van der Waals surface area (Å²) in [5, 5.41) is 3.19. The van der Waals surface area contributed by atoms with Crippen LogP contribution in [0.2, 0.25) is 11.6 Å². The minimum Gasteiger partial charge on any atom is -0.299 e. The van der Waals surface area contributed by atoms with Crippen molar-refractivity contribution in [1.82, 2.24) is 4.90 Å². The van der Waals surface area contributed by atoms with E-state index in [2.05, 4.69) is 103 Å². The topological polar surface area (TPSA) is 3.24 Å². The minimum atomic E-state index is -1.74. The van der Waals surface area contributed by atoms with Crippen LogP contribution < -0.4 is 10.4 Å². The van der Waals surface area contributed by atoms with E-state index in [9.17, 15) is 0 Å². The Balaban J connectivity index is 1.64. The van der Waals surface area contributed by atoms with Crippen molar-refractivity contribution in [3.63, 3.8) is 0 Å². The van der Waals surface area contributed by atoms with Crippen LogP contribution in [0.5, 0.6) is 0 Å². The zero-order valence-electron chi connectivity index (χ0n) is 15.5. The molecule has 0 aliphatic carbocycles. The molecule has 26 heavy (non-hydrogen) atoms. The van der Waals surface area contributed by atoms with E-state index in [0.29, 0.717) is 5.54 Å². The second-order valence-corrected chi connectivity index (χ2v) is 12.2. The van der Waals surface area contributed by atoms with Crippen molar-refractivity contribution in [3.05, 3.63) is 96.6 Å². The zero-order chi connectivity index (χ0) is 17.8. The molecule has 0 N–H and O–H groups in total. The summed E-state index contributed by atoms with van der Waals surface area (Å²) in [5.74, 6) is 0. The first-order valence-electron chi connectivity index (χ1n) is 9.66. The van der Waals surface area contributed by atoms with Crippen molar-refractivity contribution in [2.45, 2.75) is 25.1 Å². The molecule has 0 aromatic heterocycles. The van der Waals surface area contributed by atoms with Crippen molar-refractivity contribution < 1.29 is 0 Å². The highest BCUT2D eigenvalue weighted by Crippen LogP contribution is 2.32. The molecule has 4 rings (SSSR count). The third kappa shape index (κ3) is 3.27. The second kappa shape index (κ2) is 7.61. The third-order valence-corrected chi connectivity index (χ3v) is 11.6. The second-order valence-electron chi connectivity index (χ2n) is 7.58. The van der Waals surface area contributed by atoms with Gasteiger partial charge in [-0.2, -0.15) is 0 Å². The Kier molecular flexibility index (Phi) is 5.05. The van der Waals surface area contributed by atoms with Gasteiger partial charge in [0.05, 0.1) is 0 Å². The van der Waals surface area contributed by atoms with Gasteiger partial charge in [0.25, 0.3) is 0 Å². The molecule has 0 radical (unpaired) electrons. The third-order valence-electron chi connectivity index (χ3n) is 6.02. The van der Waals surface area contributed by atoms with Crippen molar-refractivity contribution in [1.29, 1.82) is 0 Å². The van der Waals surface area contributed by atoms with Crippen molar-refractivity contribution >= 4 is 18.4 Å². The van der Waals surface area contributed by atoms with Gasteiger partial charge in [0.2, 0.25) is 0 Å². The predicted molar refractivity (Wildman–Crippen MR) is 114 cm³/mol. The summed E-state index contributed by atoms with van der Waals surface area (Å²) in [6.07, 6.45) is 0. The first-order chi connectivity index (χ1) is 12.8. The van der Waals surface area contributed by atoms with Gasteiger partial charge in [0.1, 0.15) is 8.07 Å². The van der Waals surface area contributed by atoms with Crippen LogP contribution in [0.15, 0.2) is 91.0 Å². The van der Waals surface area contributed by atoms with E-state index in [0.717, 1.165) is 6.54 Å². The van der Waals surface area contributed by atoms with Crippen LogP contribution in [-0.4, -0.2) is 26.1 Å². The molecule has 1 saturated heterocycles. The highest BCUT2D eigenvalue weighted by atomic mass is 28.3. The lowest BCUT2D eigenvalue weighted by molar-refractivity contribution is 0.264. The Morgan fingerprint density at radius 3 is 1.77 bits per heavy atom. The molecule has 1 atom stereocenters. The summed E-state index contributed by atoms with van der Waals surface area (Å²) < 4.78 is 0. The normalized spacial score (nSPS) is 20.0. The fraction of sp³-hybridized carbons (Fsp3) is 0.250. The Hall–Kier alpha value is -2.16. The summed E-state index contributed by atoms with van der Waals surface area (Å²) in [7, 11) is -1.74. The highest BCUT2D eigenvalue weighted by Gasteiger charge is 2.45. The Bertz CT molecular complexity index is 777. The molecule has 132 valence electrons.